The second kappa shape index (κ2) is 14.9. The molecule has 184 valence electrons. The van der Waals surface area contributed by atoms with Crippen molar-refractivity contribution in [2.75, 3.05) is 39.6 Å². The molecule has 0 saturated heterocycles. The molecule has 0 saturated carbocycles. The first-order valence-electron chi connectivity index (χ1n) is 11.7. The van der Waals surface area contributed by atoms with Gasteiger partial charge in [-0.15, -0.1) is 0 Å². The number of aryl methyl sites for hydroxylation is 2. The Labute approximate surface area is 219 Å². The van der Waals surface area contributed by atoms with Crippen LogP contribution >= 0.6 is 8.58 Å². The van der Waals surface area contributed by atoms with Crippen molar-refractivity contribution >= 4 is 38.3 Å². The molecule has 0 N–H and O–H groups in total. The van der Waals surface area contributed by atoms with Crippen molar-refractivity contribution in [3.63, 3.8) is 0 Å². The Morgan fingerprint density at radius 3 is 1.94 bits per heavy atom. The third-order valence-corrected chi connectivity index (χ3v) is 6.38. The first-order valence-corrected chi connectivity index (χ1v) is 12.7. The first kappa shape index (κ1) is 30.7. The average molecular weight is 483 g/mol. The van der Waals surface area contributed by atoms with Gasteiger partial charge in [-0.1, -0.05) is 32.9 Å². The summed E-state index contributed by atoms with van der Waals surface area (Å²) < 4.78 is 22.5. The molecule has 2 rings (SSSR count). The number of rotatable bonds is 13. The van der Waals surface area contributed by atoms with Gasteiger partial charge < -0.3 is 18.9 Å². The molecule has 0 bridgehead atoms. The van der Waals surface area contributed by atoms with E-state index >= 15 is 0 Å². The Kier molecular flexibility index (Phi) is 13.5. The topological polar surface area (TPSA) is 54.0 Å². The van der Waals surface area contributed by atoms with Gasteiger partial charge in [0, 0.05) is 30.1 Å². The van der Waals surface area contributed by atoms with Gasteiger partial charge in [0.15, 0.2) is 5.52 Å². The maximum atomic E-state index is 13.4. The summed E-state index contributed by atoms with van der Waals surface area (Å²) in [5.74, 6) is 1.36. The van der Waals surface area contributed by atoms with Crippen molar-refractivity contribution in [3.8, 4) is 11.5 Å². The zero-order valence-electron chi connectivity index (χ0n) is 21.2. The number of hydrogen-bond donors (Lipinski definition) is 0. The number of carbonyl (C=O) groups is 1. The van der Waals surface area contributed by atoms with Crippen molar-refractivity contribution in [1.29, 1.82) is 0 Å². The van der Waals surface area contributed by atoms with Crippen LogP contribution in [0.1, 0.15) is 61.7 Å². The van der Waals surface area contributed by atoms with E-state index in [2.05, 4.69) is 32.9 Å². The zero-order valence-corrected chi connectivity index (χ0v) is 22.2. The summed E-state index contributed by atoms with van der Waals surface area (Å²) in [6, 6.07) is 9.95. The van der Waals surface area contributed by atoms with E-state index in [0.717, 1.165) is 22.0 Å². The van der Waals surface area contributed by atoms with Gasteiger partial charge in [-0.2, -0.15) is 0 Å². The van der Waals surface area contributed by atoms with Gasteiger partial charge >= 0.3 is 18.9 Å². The maximum absolute atomic E-state index is 13.4. The minimum atomic E-state index is -0.0433. The van der Waals surface area contributed by atoms with Crippen LogP contribution in [0.25, 0.3) is 0 Å². The van der Waals surface area contributed by atoms with Crippen molar-refractivity contribution in [2.45, 2.75) is 53.9 Å². The molecule has 2 aromatic carbocycles. The van der Waals surface area contributed by atoms with Crippen LogP contribution in [0.2, 0.25) is 0 Å². The fraction of sp³-hybridized carbons (Fsp3) is 0.519. The van der Waals surface area contributed by atoms with E-state index in [-0.39, 0.29) is 38.4 Å². The molecule has 0 aromatic heterocycles. The fourth-order valence-corrected chi connectivity index (χ4v) is 4.67. The summed E-state index contributed by atoms with van der Waals surface area (Å²) in [5.41, 5.74) is 4.24. The van der Waals surface area contributed by atoms with Gasteiger partial charge in [0.25, 0.3) is 0 Å². The second-order valence-electron chi connectivity index (χ2n) is 8.94. The number of ether oxygens (including phenoxy) is 4. The minimum absolute atomic E-state index is 0. The number of hydrogen-bond acceptors (Lipinski definition) is 5. The summed E-state index contributed by atoms with van der Waals surface area (Å²) >= 11 is 0. The average Bonchev–Trinajstić information content (AvgIpc) is 2.74. The Hall–Kier alpha value is -1.34. The molecule has 0 spiro atoms. The summed E-state index contributed by atoms with van der Waals surface area (Å²) in [6.45, 7) is 17.7. The van der Waals surface area contributed by atoms with Gasteiger partial charge in [-0.25, -0.2) is 0 Å². The van der Waals surface area contributed by atoms with Gasteiger partial charge in [-0.05, 0) is 70.5 Å². The summed E-state index contributed by atoms with van der Waals surface area (Å²) in [4.78, 5) is 13.4. The molecular formula is C27H40LiO5P. The van der Waals surface area contributed by atoms with Crippen LogP contribution in [-0.2, 0) is 14.9 Å². The van der Waals surface area contributed by atoms with E-state index < -0.39 is 0 Å². The molecule has 0 fully saturated rings. The van der Waals surface area contributed by atoms with E-state index in [4.69, 9.17) is 18.9 Å². The third kappa shape index (κ3) is 9.37. The van der Waals surface area contributed by atoms with Gasteiger partial charge in [0.2, 0.25) is 0 Å². The zero-order chi connectivity index (χ0) is 24.4. The molecule has 0 amide bonds. The van der Waals surface area contributed by atoms with Gasteiger partial charge in [0.05, 0.1) is 13.2 Å². The van der Waals surface area contributed by atoms with Crippen molar-refractivity contribution < 1.29 is 23.7 Å². The van der Waals surface area contributed by atoms with Crippen molar-refractivity contribution in [3.05, 3.63) is 52.6 Å². The van der Waals surface area contributed by atoms with E-state index in [0.29, 0.717) is 51.1 Å². The second-order valence-corrected chi connectivity index (χ2v) is 10.2. The Morgan fingerprint density at radius 1 is 0.853 bits per heavy atom. The van der Waals surface area contributed by atoms with Crippen molar-refractivity contribution in [2.24, 2.45) is 0 Å². The molecule has 0 aliphatic carbocycles. The standard InChI is InChI=1S/C27H39O5P.Li.H/c1-8-29-12-14-31-22-10-11-24(23(18-22)32-15-13-30-9-2)33-26(28)25-19(3)16-21(17-20(25)4)27(5,6)7;;/h10-11,16-18,33H,8-9,12-15H2,1-7H3;;. The van der Waals surface area contributed by atoms with Crippen LogP contribution in [0.15, 0.2) is 30.3 Å². The molecule has 0 radical (unpaired) electrons. The number of carbonyl (C=O) groups excluding carboxylic acids is 1. The Bertz CT molecular complexity index is 901. The molecule has 34 heavy (non-hydrogen) atoms. The predicted molar refractivity (Wildman–Crippen MR) is 144 cm³/mol. The molecule has 1 atom stereocenters. The van der Waals surface area contributed by atoms with E-state index in [1.54, 1.807) is 0 Å². The third-order valence-electron chi connectivity index (χ3n) is 5.22. The molecule has 7 heteroatoms. The van der Waals surface area contributed by atoms with E-state index in [1.165, 1.54) is 5.56 Å². The molecular weight excluding hydrogens is 442 g/mol. The number of benzene rings is 2. The van der Waals surface area contributed by atoms with Gasteiger partial charge in [0.1, 0.15) is 24.7 Å². The molecule has 0 heterocycles. The SMILES string of the molecule is CCOCCOc1ccc(PC(=O)c2c(C)cc(C(C)(C)C)cc2C)c(OCCOCC)c1.[LiH]. The van der Waals surface area contributed by atoms with E-state index in [9.17, 15) is 4.79 Å². The summed E-state index contributed by atoms with van der Waals surface area (Å²) in [6.07, 6.45) is 0. The van der Waals surface area contributed by atoms with Crippen molar-refractivity contribution in [1.82, 2.24) is 0 Å². The summed E-state index contributed by atoms with van der Waals surface area (Å²) in [5, 5.41) is 0.868. The van der Waals surface area contributed by atoms with Crippen LogP contribution < -0.4 is 14.8 Å². The van der Waals surface area contributed by atoms with Crippen LogP contribution in [0.5, 0.6) is 11.5 Å². The molecule has 5 nitrogen and oxygen atoms in total. The van der Waals surface area contributed by atoms with Crippen LogP contribution in [0.3, 0.4) is 0 Å². The Morgan fingerprint density at radius 2 is 1.41 bits per heavy atom. The van der Waals surface area contributed by atoms with E-state index in [1.807, 2.05) is 45.9 Å². The van der Waals surface area contributed by atoms with Gasteiger partial charge in [-0.3, -0.25) is 4.79 Å². The van der Waals surface area contributed by atoms with Crippen LogP contribution in [0, 0.1) is 13.8 Å². The monoisotopic (exact) mass is 482 g/mol. The summed E-state index contributed by atoms with van der Waals surface area (Å²) in [7, 11) is -0.0433. The molecule has 2 aromatic rings. The Balaban J connectivity index is 0.00000578. The quantitative estimate of drug-likeness (QED) is 0.230. The predicted octanol–water partition coefficient (Wildman–Crippen LogP) is 4.93. The molecule has 0 aliphatic heterocycles. The molecule has 0 aliphatic rings. The van der Waals surface area contributed by atoms with Crippen LogP contribution in [-0.4, -0.2) is 64.0 Å². The normalized spacial score (nSPS) is 11.5. The van der Waals surface area contributed by atoms with Crippen LogP contribution in [0.4, 0.5) is 0 Å². The molecule has 1 unspecified atom stereocenters. The fourth-order valence-electron chi connectivity index (χ4n) is 3.47. The first-order chi connectivity index (χ1) is 15.7.